The summed E-state index contributed by atoms with van der Waals surface area (Å²) >= 11 is 1.55. The first kappa shape index (κ1) is 19.9. The number of hydrogen-bond acceptors (Lipinski definition) is 7. The topological polar surface area (TPSA) is 78.9 Å². The number of hydrogen-bond donors (Lipinski definition) is 0. The average molecular weight is 401 g/mol. The van der Waals surface area contributed by atoms with Crippen molar-refractivity contribution < 1.29 is 18.7 Å². The number of furan rings is 1. The van der Waals surface area contributed by atoms with Crippen LogP contribution in [-0.2, 0) is 20.7 Å². The van der Waals surface area contributed by atoms with Crippen LogP contribution in [0.3, 0.4) is 0 Å². The number of esters is 1. The van der Waals surface area contributed by atoms with Gasteiger partial charge in [-0.25, -0.2) is 9.50 Å². The predicted octanol–water partition coefficient (Wildman–Crippen LogP) is 4.59. The van der Waals surface area contributed by atoms with Crippen molar-refractivity contribution >= 4 is 34.1 Å². The van der Waals surface area contributed by atoms with Crippen LogP contribution in [0.5, 0.6) is 0 Å². The Hall–Kier alpha value is -2.87. The van der Waals surface area contributed by atoms with E-state index in [1.807, 2.05) is 12.3 Å². The summed E-state index contributed by atoms with van der Waals surface area (Å²) in [6.07, 6.45) is 5.24. The highest BCUT2D eigenvalue weighted by molar-refractivity contribution is 7.16. The maximum Gasteiger partial charge on any atom is 0.305 e. The van der Waals surface area contributed by atoms with Gasteiger partial charge in [0.15, 0.2) is 17.3 Å². The van der Waals surface area contributed by atoms with Crippen LogP contribution in [0.4, 0.5) is 0 Å². The van der Waals surface area contributed by atoms with Gasteiger partial charge < -0.3 is 13.9 Å². The summed E-state index contributed by atoms with van der Waals surface area (Å²) in [6.45, 7) is 12.3. The normalized spacial score (nSPS) is 10.9. The number of nitrogens with zero attached hydrogens (tertiary/aromatic N) is 3. The largest absolute Gasteiger partial charge is 0.490 e. The van der Waals surface area contributed by atoms with Gasteiger partial charge in [-0.2, -0.15) is 5.10 Å². The third-order valence-electron chi connectivity index (χ3n) is 3.98. The van der Waals surface area contributed by atoms with Gasteiger partial charge >= 0.3 is 5.97 Å². The molecule has 28 heavy (non-hydrogen) atoms. The number of imidazole rings is 1. The lowest BCUT2D eigenvalue weighted by Crippen LogP contribution is -2.05. The third-order valence-corrected chi connectivity index (χ3v) is 5.05. The van der Waals surface area contributed by atoms with Crippen molar-refractivity contribution in [3.8, 4) is 11.5 Å². The van der Waals surface area contributed by atoms with Gasteiger partial charge in [0.05, 0.1) is 19.4 Å². The highest BCUT2D eigenvalue weighted by Crippen LogP contribution is 2.31. The van der Waals surface area contributed by atoms with E-state index in [2.05, 4.69) is 30.2 Å². The van der Waals surface area contributed by atoms with Crippen molar-refractivity contribution in [2.24, 2.45) is 0 Å². The maximum atomic E-state index is 11.4. The van der Waals surface area contributed by atoms with E-state index in [1.165, 1.54) is 0 Å². The summed E-state index contributed by atoms with van der Waals surface area (Å²) in [5.74, 6) is 1.25. The van der Waals surface area contributed by atoms with Gasteiger partial charge in [0, 0.05) is 12.0 Å². The van der Waals surface area contributed by atoms with E-state index >= 15 is 0 Å². The fourth-order valence-electron chi connectivity index (χ4n) is 2.61. The van der Waals surface area contributed by atoms with Crippen molar-refractivity contribution in [1.29, 1.82) is 0 Å². The molecule has 0 atom stereocenters. The van der Waals surface area contributed by atoms with E-state index in [1.54, 1.807) is 28.9 Å². The fraction of sp³-hybridized carbons (Fsp3) is 0.350. The first-order valence-corrected chi connectivity index (χ1v) is 9.96. The van der Waals surface area contributed by atoms with Crippen LogP contribution in [0.15, 0.2) is 29.8 Å². The van der Waals surface area contributed by atoms with Crippen molar-refractivity contribution in [3.05, 3.63) is 41.8 Å². The molecule has 0 aliphatic rings. The minimum atomic E-state index is -0.233. The van der Waals surface area contributed by atoms with Gasteiger partial charge in [-0.15, -0.1) is 0 Å². The molecule has 148 valence electrons. The second-order valence-corrected chi connectivity index (χ2v) is 7.02. The Labute approximate surface area is 167 Å². The second kappa shape index (κ2) is 8.88. The van der Waals surface area contributed by atoms with Crippen molar-refractivity contribution in [2.75, 3.05) is 13.2 Å². The van der Waals surface area contributed by atoms with Crippen LogP contribution < -0.4 is 0 Å². The smallest absolute Gasteiger partial charge is 0.305 e. The minimum Gasteiger partial charge on any atom is -0.490 e. The molecule has 0 spiro atoms. The maximum absolute atomic E-state index is 11.4. The molecule has 0 unspecified atom stereocenters. The quantitative estimate of drug-likeness (QED) is 0.281. The number of carbonyl (C=O) groups is 1. The van der Waals surface area contributed by atoms with E-state index in [0.29, 0.717) is 49.0 Å². The zero-order chi connectivity index (χ0) is 20.1. The van der Waals surface area contributed by atoms with Gasteiger partial charge in [0.1, 0.15) is 10.7 Å². The predicted molar refractivity (Wildman–Crippen MR) is 109 cm³/mol. The number of fused-ring (bicyclic) bond motifs is 1. The van der Waals surface area contributed by atoms with Crippen LogP contribution in [0, 0.1) is 0 Å². The molecule has 3 aromatic rings. The van der Waals surface area contributed by atoms with E-state index in [9.17, 15) is 4.79 Å². The molecule has 0 radical (unpaired) electrons. The van der Waals surface area contributed by atoms with Gasteiger partial charge in [-0.05, 0) is 25.8 Å². The summed E-state index contributed by atoms with van der Waals surface area (Å²) in [4.78, 5) is 16.8. The van der Waals surface area contributed by atoms with E-state index in [-0.39, 0.29) is 5.97 Å². The Balaban J connectivity index is 1.68. The summed E-state index contributed by atoms with van der Waals surface area (Å²) in [6, 6.07) is 1.85. The third kappa shape index (κ3) is 4.33. The van der Waals surface area contributed by atoms with Gasteiger partial charge in [0.2, 0.25) is 4.96 Å². The lowest BCUT2D eigenvalue weighted by molar-refractivity contribution is -0.143. The molecule has 3 rings (SSSR count). The lowest BCUT2D eigenvalue weighted by Gasteiger charge is -2.07. The molecule has 8 heteroatoms. The lowest BCUT2D eigenvalue weighted by atomic mass is 10.2. The molecule has 0 aromatic carbocycles. The Morgan fingerprint density at radius 2 is 2.21 bits per heavy atom. The van der Waals surface area contributed by atoms with E-state index < -0.39 is 0 Å². The van der Waals surface area contributed by atoms with Crippen LogP contribution in [-0.4, -0.2) is 33.8 Å². The molecule has 0 N–H and O–H groups in total. The highest BCUT2D eigenvalue weighted by Gasteiger charge is 2.18. The molecular weight excluding hydrogens is 378 g/mol. The van der Waals surface area contributed by atoms with E-state index in [4.69, 9.17) is 13.9 Å². The van der Waals surface area contributed by atoms with E-state index in [0.717, 1.165) is 22.0 Å². The van der Waals surface area contributed by atoms with Gasteiger partial charge in [-0.1, -0.05) is 37.5 Å². The Morgan fingerprint density at radius 1 is 1.39 bits per heavy atom. The molecule has 3 heterocycles. The number of aromatic nitrogens is 3. The second-order valence-electron chi connectivity index (χ2n) is 5.98. The highest BCUT2D eigenvalue weighted by atomic mass is 32.1. The molecule has 0 bridgehead atoms. The summed E-state index contributed by atoms with van der Waals surface area (Å²) in [5, 5.41) is 5.50. The van der Waals surface area contributed by atoms with Crippen molar-refractivity contribution in [3.63, 3.8) is 0 Å². The molecule has 0 aliphatic heterocycles. The van der Waals surface area contributed by atoms with Crippen LogP contribution >= 0.6 is 11.3 Å². The molecule has 0 amide bonds. The van der Waals surface area contributed by atoms with Crippen LogP contribution in [0.1, 0.15) is 43.0 Å². The standard InChI is InChI=1S/C20H23N3O4S/c1-5-14-11-16(15-12-23-20(21-15)28-17(6-2)22-23)27-19(14)13(4)26-10-8-9-18(24)25-7-3/h5,11-12H,1,4,6-10H2,2-3H3. The van der Waals surface area contributed by atoms with Crippen LogP contribution in [0.25, 0.3) is 28.3 Å². The van der Waals surface area contributed by atoms with Gasteiger partial charge in [-0.3, -0.25) is 4.79 Å². The monoisotopic (exact) mass is 401 g/mol. The molecule has 0 aliphatic carbocycles. The fourth-order valence-corrected chi connectivity index (χ4v) is 3.43. The summed E-state index contributed by atoms with van der Waals surface area (Å²) < 4.78 is 18.2. The summed E-state index contributed by atoms with van der Waals surface area (Å²) in [5.41, 5.74) is 1.45. The molecule has 3 aromatic heterocycles. The Bertz CT molecular complexity index is 967. The molecule has 0 saturated carbocycles. The van der Waals surface area contributed by atoms with Gasteiger partial charge in [0.25, 0.3) is 0 Å². The van der Waals surface area contributed by atoms with Crippen LogP contribution in [0.2, 0.25) is 0 Å². The summed E-state index contributed by atoms with van der Waals surface area (Å²) in [7, 11) is 0. The Kier molecular flexibility index (Phi) is 6.30. The van der Waals surface area contributed by atoms with Crippen molar-refractivity contribution in [1.82, 2.24) is 14.6 Å². The number of aryl methyl sites for hydroxylation is 1. The minimum absolute atomic E-state index is 0.233. The number of rotatable bonds is 10. The zero-order valence-electron chi connectivity index (χ0n) is 16.1. The first-order valence-electron chi connectivity index (χ1n) is 9.15. The first-order chi connectivity index (χ1) is 13.5. The van der Waals surface area contributed by atoms with Crippen molar-refractivity contribution in [2.45, 2.75) is 33.1 Å². The average Bonchev–Trinajstić information content (AvgIpc) is 3.37. The Morgan fingerprint density at radius 3 is 2.89 bits per heavy atom. The molecule has 0 fully saturated rings. The zero-order valence-corrected chi connectivity index (χ0v) is 16.9. The molecule has 7 nitrogen and oxygen atoms in total. The SMILES string of the molecule is C=Cc1cc(-c2cn3nc(CC)sc3n2)oc1C(=C)OCCCC(=O)OCC. The number of ether oxygens (including phenoxy) is 2. The molecular formula is C20H23N3O4S. The molecule has 0 saturated heterocycles. The number of carbonyl (C=O) groups excluding carboxylic acids is 1.